The minimum absolute atomic E-state index is 0.00699. The molecule has 6 nitrogen and oxygen atoms in total. The first-order valence-corrected chi connectivity index (χ1v) is 12.6. The molecule has 7 heteroatoms. The average molecular weight is 467 g/mol. The molecule has 0 spiro atoms. The Morgan fingerprint density at radius 3 is 2.39 bits per heavy atom. The fourth-order valence-electron chi connectivity index (χ4n) is 4.55. The molecule has 0 saturated carbocycles. The number of benzene rings is 2. The van der Waals surface area contributed by atoms with E-state index in [4.69, 9.17) is 4.74 Å². The number of esters is 1. The van der Waals surface area contributed by atoms with Crippen molar-refractivity contribution in [1.29, 1.82) is 0 Å². The third-order valence-corrected chi connectivity index (χ3v) is 8.39. The standard InChI is InChI=1S/C26H26O6S/c1-16-18(12-13-19-24(16)33(30,31)15-14-26(19,2)3)23(28)22-20(27)10-7-11-21(22)32-25(29)17-8-5-4-6-9-17/h4-6,8-9,12-13H,7,10-11,14-15H2,1-3H3. The molecule has 4 rings (SSSR count). The zero-order chi connectivity index (χ0) is 24.0. The smallest absolute Gasteiger partial charge is 0.343 e. The first-order valence-electron chi connectivity index (χ1n) is 11.0. The largest absolute Gasteiger partial charge is 0.427 e. The molecular weight excluding hydrogens is 440 g/mol. The van der Waals surface area contributed by atoms with E-state index in [1.807, 2.05) is 13.8 Å². The van der Waals surface area contributed by atoms with E-state index in [9.17, 15) is 22.8 Å². The topological polar surface area (TPSA) is 94.6 Å². The van der Waals surface area contributed by atoms with E-state index in [0.717, 1.165) is 0 Å². The summed E-state index contributed by atoms with van der Waals surface area (Å²) in [5.41, 5.74) is 0.971. The van der Waals surface area contributed by atoms with Crippen LogP contribution in [-0.2, 0) is 24.8 Å². The lowest BCUT2D eigenvalue weighted by Crippen LogP contribution is -2.32. The zero-order valence-electron chi connectivity index (χ0n) is 18.9. The highest BCUT2D eigenvalue weighted by molar-refractivity contribution is 7.91. The van der Waals surface area contributed by atoms with Gasteiger partial charge < -0.3 is 4.74 Å². The van der Waals surface area contributed by atoms with Crippen molar-refractivity contribution >= 4 is 27.4 Å². The summed E-state index contributed by atoms with van der Waals surface area (Å²) < 4.78 is 31.3. The van der Waals surface area contributed by atoms with Crippen LogP contribution >= 0.6 is 0 Å². The van der Waals surface area contributed by atoms with Gasteiger partial charge in [0.2, 0.25) is 0 Å². The number of hydrogen-bond donors (Lipinski definition) is 0. The summed E-state index contributed by atoms with van der Waals surface area (Å²) in [5.74, 6) is -1.59. The number of allylic oxidation sites excluding steroid dienone is 2. The fourth-order valence-corrected chi connectivity index (χ4v) is 6.79. The van der Waals surface area contributed by atoms with Crippen LogP contribution in [0.4, 0.5) is 0 Å². The van der Waals surface area contributed by atoms with E-state index in [0.29, 0.717) is 29.5 Å². The Morgan fingerprint density at radius 2 is 1.70 bits per heavy atom. The molecule has 0 amide bonds. The molecule has 1 heterocycles. The number of ether oxygens (including phenoxy) is 1. The van der Waals surface area contributed by atoms with E-state index in [2.05, 4.69) is 0 Å². The van der Waals surface area contributed by atoms with Crippen molar-refractivity contribution in [2.45, 2.75) is 56.8 Å². The van der Waals surface area contributed by atoms with Crippen LogP contribution in [0, 0.1) is 6.92 Å². The van der Waals surface area contributed by atoms with Gasteiger partial charge in [-0.3, -0.25) is 9.59 Å². The maximum absolute atomic E-state index is 13.6. The van der Waals surface area contributed by atoms with E-state index < -0.39 is 27.4 Å². The molecule has 0 saturated heterocycles. The van der Waals surface area contributed by atoms with Gasteiger partial charge in [0.05, 0.1) is 16.2 Å². The van der Waals surface area contributed by atoms with Crippen molar-refractivity contribution in [2.75, 3.05) is 5.75 Å². The summed E-state index contributed by atoms with van der Waals surface area (Å²) in [4.78, 5) is 39.1. The van der Waals surface area contributed by atoms with Gasteiger partial charge in [-0.25, -0.2) is 13.2 Å². The van der Waals surface area contributed by atoms with E-state index in [1.54, 1.807) is 49.4 Å². The van der Waals surface area contributed by atoms with Crippen LogP contribution < -0.4 is 0 Å². The van der Waals surface area contributed by atoms with E-state index in [-0.39, 0.29) is 45.8 Å². The number of ketones is 2. The second-order valence-electron chi connectivity index (χ2n) is 9.23. The lowest BCUT2D eigenvalue weighted by molar-refractivity contribution is -0.116. The van der Waals surface area contributed by atoms with Crippen molar-refractivity contribution in [3.63, 3.8) is 0 Å². The highest BCUT2D eigenvalue weighted by atomic mass is 32.2. The van der Waals surface area contributed by atoms with Crippen LogP contribution in [0.15, 0.2) is 58.7 Å². The predicted molar refractivity (Wildman–Crippen MR) is 123 cm³/mol. The van der Waals surface area contributed by atoms with Crippen molar-refractivity contribution in [1.82, 2.24) is 0 Å². The molecule has 2 aromatic rings. The summed E-state index contributed by atoms with van der Waals surface area (Å²) in [6, 6.07) is 11.6. The van der Waals surface area contributed by atoms with E-state index in [1.165, 1.54) is 0 Å². The Labute approximate surface area is 193 Å². The number of rotatable bonds is 4. The molecule has 0 aromatic heterocycles. The molecular formula is C26H26O6S. The van der Waals surface area contributed by atoms with Gasteiger partial charge in [0.25, 0.3) is 0 Å². The molecule has 0 atom stereocenters. The van der Waals surface area contributed by atoms with Gasteiger partial charge >= 0.3 is 5.97 Å². The van der Waals surface area contributed by atoms with Gasteiger partial charge in [0.1, 0.15) is 11.3 Å². The summed E-state index contributed by atoms with van der Waals surface area (Å²) in [7, 11) is -3.55. The first-order chi connectivity index (χ1) is 15.5. The SMILES string of the molecule is Cc1c(C(=O)C2=C(OC(=O)c3ccccc3)CCCC2=O)ccc2c1S(=O)(=O)CCC2(C)C. The second kappa shape index (κ2) is 8.37. The number of Topliss-reactive ketones (excluding diaryl/α,β-unsaturated/α-hetero) is 2. The van der Waals surface area contributed by atoms with Crippen LogP contribution in [0.2, 0.25) is 0 Å². The molecule has 0 N–H and O–H groups in total. The Bertz CT molecular complexity index is 1300. The van der Waals surface area contributed by atoms with E-state index >= 15 is 0 Å². The Hall–Kier alpha value is -3.06. The van der Waals surface area contributed by atoms with Gasteiger partial charge in [0, 0.05) is 18.4 Å². The maximum Gasteiger partial charge on any atom is 0.343 e. The van der Waals surface area contributed by atoms with Crippen molar-refractivity contribution in [3.05, 3.63) is 76.1 Å². The lowest BCUT2D eigenvalue weighted by Gasteiger charge is -2.33. The Kier molecular flexibility index (Phi) is 5.86. The molecule has 0 fully saturated rings. The number of carbonyl (C=O) groups excluding carboxylic acids is 3. The third kappa shape index (κ3) is 4.17. The van der Waals surface area contributed by atoms with Gasteiger partial charge in [-0.15, -0.1) is 0 Å². The molecule has 2 aliphatic rings. The van der Waals surface area contributed by atoms with Crippen LogP contribution in [0.5, 0.6) is 0 Å². The van der Waals surface area contributed by atoms with Crippen LogP contribution in [0.1, 0.15) is 71.4 Å². The number of fused-ring (bicyclic) bond motifs is 1. The number of carbonyl (C=O) groups is 3. The summed E-state index contributed by atoms with van der Waals surface area (Å²) in [6.07, 6.45) is 1.42. The Balaban J connectivity index is 1.80. The minimum atomic E-state index is -3.55. The van der Waals surface area contributed by atoms with Crippen LogP contribution in [0.25, 0.3) is 0 Å². The van der Waals surface area contributed by atoms with Gasteiger partial charge in [0.15, 0.2) is 21.4 Å². The predicted octanol–water partition coefficient (Wildman–Crippen LogP) is 4.50. The third-order valence-electron chi connectivity index (χ3n) is 6.50. The van der Waals surface area contributed by atoms with Crippen molar-refractivity contribution in [3.8, 4) is 0 Å². The maximum atomic E-state index is 13.6. The lowest BCUT2D eigenvalue weighted by atomic mass is 9.79. The zero-order valence-corrected chi connectivity index (χ0v) is 19.8. The first kappa shape index (κ1) is 23.1. The quantitative estimate of drug-likeness (QED) is 0.374. The number of hydrogen-bond acceptors (Lipinski definition) is 6. The Morgan fingerprint density at radius 1 is 1.00 bits per heavy atom. The molecule has 2 aromatic carbocycles. The summed E-state index contributed by atoms with van der Waals surface area (Å²) >= 11 is 0. The molecule has 0 radical (unpaired) electrons. The van der Waals surface area contributed by atoms with Crippen molar-refractivity contribution < 1.29 is 27.5 Å². The minimum Gasteiger partial charge on any atom is -0.427 e. The molecule has 0 bridgehead atoms. The molecule has 0 unspecified atom stereocenters. The van der Waals surface area contributed by atoms with Crippen molar-refractivity contribution in [2.24, 2.45) is 0 Å². The van der Waals surface area contributed by atoms with Crippen LogP contribution in [-0.4, -0.2) is 31.7 Å². The van der Waals surface area contributed by atoms with Gasteiger partial charge in [-0.2, -0.15) is 0 Å². The van der Waals surface area contributed by atoms with Gasteiger partial charge in [-0.1, -0.05) is 44.2 Å². The molecule has 1 aliphatic heterocycles. The molecule has 33 heavy (non-hydrogen) atoms. The fraction of sp³-hybridized carbons (Fsp3) is 0.346. The van der Waals surface area contributed by atoms with Crippen LogP contribution in [0.3, 0.4) is 0 Å². The normalized spacial score (nSPS) is 19.1. The number of sulfone groups is 1. The molecule has 1 aliphatic carbocycles. The highest BCUT2D eigenvalue weighted by Crippen LogP contribution is 2.41. The summed E-state index contributed by atoms with van der Waals surface area (Å²) in [6.45, 7) is 5.57. The summed E-state index contributed by atoms with van der Waals surface area (Å²) in [5, 5.41) is 0. The second-order valence-corrected chi connectivity index (χ2v) is 11.3. The monoisotopic (exact) mass is 466 g/mol. The molecule has 172 valence electrons. The highest BCUT2D eigenvalue weighted by Gasteiger charge is 2.39. The van der Waals surface area contributed by atoms with Gasteiger partial charge in [-0.05, 0) is 48.4 Å². The average Bonchev–Trinajstić information content (AvgIpc) is 2.77.